The van der Waals surface area contributed by atoms with Crippen molar-refractivity contribution >= 4 is 13.2 Å². The molecule has 0 radical (unpaired) electrons. The van der Waals surface area contributed by atoms with E-state index in [0.717, 1.165) is 32.1 Å². The number of unbranched alkanes of at least 4 members (excludes halogenated alkanes) is 4. The van der Waals surface area contributed by atoms with Crippen molar-refractivity contribution in [2.75, 3.05) is 25.2 Å². The van der Waals surface area contributed by atoms with Gasteiger partial charge in [0, 0.05) is 13.9 Å². The Morgan fingerprint density at radius 3 is 1.40 bits per heavy atom. The Hall–Kier alpha value is -0.100. The number of carbonyl (C=O) groups is 1. The van der Waals surface area contributed by atoms with E-state index in [1.807, 2.05) is 6.92 Å². The van der Waals surface area contributed by atoms with Crippen LogP contribution in [0.5, 0.6) is 0 Å². The van der Waals surface area contributed by atoms with Crippen molar-refractivity contribution in [3.8, 4) is 0 Å². The largest absolute Gasteiger partial charge is 0.481 e. The lowest BCUT2D eigenvalue weighted by atomic mass is 9.97. The Morgan fingerprint density at radius 2 is 1.12 bits per heavy atom. The quantitative estimate of drug-likeness (QED) is 0.298. The standard InChI is InChI=1S/C13H30P.C9H18O2/c1-5-8-11-14(4,12-9-6-2)13-10-7-3;1-3-5-7-8(6-4-2)9(10)11/h5-13H2,1-4H3;8H,3-7H2,1-2H3,(H,10,11)/q+1;. The van der Waals surface area contributed by atoms with E-state index >= 15 is 0 Å². The molecule has 152 valence electrons. The van der Waals surface area contributed by atoms with Crippen LogP contribution in [0.4, 0.5) is 0 Å². The van der Waals surface area contributed by atoms with Gasteiger partial charge in [0.15, 0.2) is 0 Å². The van der Waals surface area contributed by atoms with Crippen LogP contribution in [0.3, 0.4) is 0 Å². The summed E-state index contributed by atoms with van der Waals surface area (Å²) >= 11 is 0. The van der Waals surface area contributed by atoms with E-state index in [2.05, 4.69) is 34.4 Å². The maximum absolute atomic E-state index is 10.6. The van der Waals surface area contributed by atoms with Crippen LogP contribution in [-0.2, 0) is 4.79 Å². The molecule has 0 spiro atoms. The zero-order valence-corrected chi connectivity index (χ0v) is 19.2. The Bertz CT molecular complexity index is 270. The normalized spacial score (nSPS) is 12.4. The van der Waals surface area contributed by atoms with E-state index in [1.54, 1.807) is 18.5 Å². The van der Waals surface area contributed by atoms with Crippen molar-refractivity contribution in [3.63, 3.8) is 0 Å². The molecule has 3 heteroatoms. The van der Waals surface area contributed by atoms with Crippen molar-refractivity contribution < 1.29 is 9.90 Å². The van der Waals surface area contributed by atoms with E-state index in [0.29, 0.717) is 0 Å². The fourth-order valence-electron chi connectivity index (χ4n) is 3.15. The second-order valence-corrected chi connectivity index (χ2v) is 12.4. The van der Waals surface area contributed by atoms with Crippen LogP contribution >= 0.6 is 7.26 Å². The summed E-state index contributed by atoms with van der Waals surface area (Å²) in [5, 5.41) is 8.73. The van der Waals surface area contributed by atoms with Crippen LogP contribution < -0.4 is 0 Å². The molecule has 0 aromatic rings. The molecule has 0 rings (SSSR count). The van der Waals surface area contributed by atoms with Gasteiger partial charge in [-0.25, -0.2) is 0 Å². The number of carboxylic acid groups (broad SMARTS) is 1. The molecular formula is C22H48O2P+. The second kappa shape index (κ2) is 18.7. The van der Waals surface area contributed by atoms with Crippen molar-refractivity contribution in [2.45, 2.75) is 105 Å². The molecule has 2 nitrogen and oxygen atoms in total. The maximum atomic E-state index is 10.6. The molecule has 1 unspecified atom stereocenters. The number of rotatable bonds is 15. The highest BCUT2D eigenvalue weighted by Crippen LogP contribution is 2.57. The molecule has 0 aliphatic heterocycles. The number of carboxylic acids is 1. The number of hydrogen-bond acceptors (Lipinski definition) is 1. The van der Waals surface area contributed by atoms with Gasteiger partial charge in [-0.2, -0.15) is 0 Å². The zero-order chi connectivity index (χ0) is 19.6. The molecule has 1 N–H and O–H groups in total. The fraction of sp³-hybridized carbons (Fsp3) is 0.955. The molecule has 0 aromatic heterocycles. The Morgan fingerprint density at radius 1 is 0.720 bits per heavy atom. The van der Waals surface area contributed by atoms with Crippen molar-refractivity contribution in [2.24, 2.45) is 5.92 Å². The number of aliphatic carboxylic acids is 1. The first-order valence-corrected chi connectivity index (χ1v) is 13.8. The SMILES string of the molecule is CCCCC(CCC)C(=O)O.CCCC[P+](C)(CCCC)CCCC. The predicted molar refractivity (Wildman–Crippen MR) is 118 cm³/mol. The first-order valence-electron chi connectivity index (χ1n) is 11.0. The molecule has 0 saturated carbocycles. The molecule has 0 aromatic carbocycles. The molecule has 0 saturated heterocycles. The molecular weight excluding hydrogens is 327 g/mol. The molecule has 0 aliphatic rings. The van der Waals surface area contributed by atoms with Gasteiger partial charge in [-0.05, 0) is 32.1 Å². The Labute approximate surface area is 159 Å². The van der Waals surface area contributed by atoms with Crippen molar-refractivity contribution in [1.29, 1.82) is 0 Å². The van der Waals surface area contributed by atoms with E-state index in [4.69, 9.17) is 5.11 Å². The second-order valence-electron chi connectivity index (χ2n) is 7.82. The lowest BCUT2D eigenvalue weighted by Gasteiger charge is -2.22. The molecule has 1 atom stereocenters. The van der Waals surface area contributed by atoms with Crippen LogP contribution in [0.1, 0.15) is 105 Å². The van der Waals surface area contributed by atoms with E-state index < -0.39 is 13.2 Å². The summed E-state index contributed by atoms with van der Waals surface area (Å²) in [6.45, 7) is 13.7. The Kier molecular flexibility index (Phi) is 20.3. The van der Waals surface area contributed by atoms with Gasteiger partial charge in [0.2, 0.25) is 0 Å². The summed E-state index contributed by atoms with van der Waals surface area (Å²) < 4.78 is 0. The van der Waals surface area contributed by atoms with Gasteiger partial charge in [-0.1, -0.05) is 73.1 Å². The average Bonchev–Trinajstić information content (AvgIpc) is 2.60. The third-order valence-electron chi connectivity index (χ3n) is 5.05. The zero-order valence-electron chi connectivity index (χ0n) is 18.3. The van der Waals surface area contributed by atoms with Crippen LogP contribution in [0, 0.1) is 5.92 Å². The van der Waals surface area contributed by atoms with Gasteiger partial charge in [0.1, 0.15) is 0 Å². The monoisotopic (exact) mass is 375 g/mol. The molecule has 0 aliphatic carbocycles. The first kappa shape index (κ1) is 27.1. The van der Waals surface area contributed by atoms with Crippen molar-refractivity contribution in [1.82, 2.24) is 0 Å². The number of hydrogen-bond donors (Lipinski definition) is 1. The lowest BCUT2D eigenvalue weighted by molar-refractivity contribution is -0.142. The summed E-state index contributed by atoms with van der Waals surface area (Å²) in [7, 11) is -0.519. The highest BCUT2D eigenvalue weighted by atomic mass is 31.2. The predicted octanol–water partition coefficient (Wildman–Crippen LogP) is 7.71. The van der Waals surface area contributed by atoms with Gasteiger partial charge in [-0.3, -0.25) is 4.79 Å². The minimum atomic E-state index is -0.625. The highest BCUT2D eigenvalue weighted by molar-refractivity contribution is 7.75. The minimum Gasteiger partial charge on any atom is -0.481 e. The smallest absolute Gasteiger partial charge is 0.306 e. The highest BCUT2D eigenvalue weighted by Gasteiger charge is 2.28. The first-order chi connectivity index (χ1) is 11.9. The summed E-state index contributed by atoms with van der Waals surface area (Å²) in [4.78, 5) is 10.6. The van der Waals surface area contributed by atoms with Crippen LogP contribution in [0.25, 0.3) is 0 Å². The molecule has 25 heavy (non-hydrogen) atoms. The summed E-state index contributed by atoms with van der Waals surface area (Å²) in [6, 6.07) is 0. The maximum Gasteiger partial charge on any atom is 0.306 e. The third-order valence-corrected chi connectivity index (χ3v) is 9.23. The Balaban J connectivity index is 0. The fourth-order valence-corrected chi connectivity index (χ4v) is 7.06. The molecule has 0 heterocycles. The minimum absolute atomic E-state index is 0.0973. The topological polar surface area (TPSA) is 37.3 Å². The van der Waals surface area contributed by atoms with E-state index in [9.17, 15) is 4.79 Å². The van der Waals surface area contributed by atoms with Crippen molar-refractivity contribution in [3.05, 3.63) is 0 Å². The average molecular weight is 376 g/mol. The molecule has 0 amide bonds. The van der Waals surface area contributed by atoms with Crippen LogP contribution in [-0.4, -0.2) is 36.2 Å². The van der Waals surface area contributed by atoms with E-state index in [-0.39, 0.29) is 5.92 Å². The summed E-state index contributed by atoms with van der Waals surface area (Å²) in [5.41, 5.74) is 0. The van der Waals surface area contributed by atoms with Gasteiger partial charge in [-0.15, -0.1) is 0 Å². The molecule has 0 fully saturated rings. The van der Waals surface area contributed by atoms with Gasteiger partial charge in [0.25, 0.3) is 0 Å². The van der Waals surface area contributed by atoms with Crippen LogP contribution in [0.15, 0.2) is 0 Å². The molecule has 0 bridgehead atoms. The lowest BCUT2D eigenvalue weighted by Crippen LogP contribution is -2.12. The summed E-state index contributed by atoms with van der Waals surface area (Å²) in [5.74, 6) is -0.722. The third kappa shape index (κ3) is 17.1. The van der Waals surface area contributed by atoms with E-state index in [1.165, 1.54) is 38.5 Å². The van der Waals surface area contributed by atoms with Crippen LogP contribution in [0.2, 0.25) is 0 Å². The van der Waals surface area contributed by atoms with Gasteiger partial charge >= 0.3 is 5.97 Å². The summed E-state index contributed by atoms with van der Waals surface area (Å²) in [6.07, 6.45) is 18.0. The van der Waals surface area contributed by atoms with Gasteiger partial charge < -0.3 is 5.11 Å². The van der Waals surface area contributed by atoms with Gasteiger partial charge in [0.05, 0.1) is 24.4 Å².